The van der Waals surface area contributed by atoms with Crippen LogP contribution in [0, 0.1) is 5.92 Å². The quantitative estimate of drug-likeness (QED) is 0.894. The van der Waals surface area contributed by atoms with Gasteiger partial charge >= 0.3 is 0 Å². The molecule has 1 aliphatic heterocycles. The van der Waals surface area contributed by atoms with Crippen molar-refractivity contribution in [1.82, 2.24) is 4.98 Å². The summed E-state index contributed by atoms with van der Waals surface area (Å²) < 4.78 is 0. The number of anilines is 2. The molecule has 3 rings (SSSR count). The number of pyridine rings is 1. The molecule has 3 N–H and O–H groups in total. The highest BCUT2D eigenvalue weighted by Crippen LogP contribution is 2.32. The number of nitrogens with two attached hydrogens (primary N) is 1. The molecular weight excluding hydrogens is 316 g/mol. The molecule has 0 unspecified atom stereocenters. The lowest BCUT2D eigenvalue weighted by Gasteiger charge is -2.19. The number of nitrogens with zero attached hydrogens (tertiary/aromatic N) is 2. The first-order chi connectivity index (χ1) is 12.0. The minimum Gasteiger partial charge on any atom is -0.325 e. The number of hydrogen-bond donors (Lipinski definition) is 2. The number of nitrogens with one attached hydrogen (secondary N) is 1. The molecule has 2 amide bonds. The average molecular weight is 338 g/mol. The maximum atomic E-state index is 12.7. The molecule has 2 aromatic rings. The van der Waals surface area contributed by atoms with Gasteiger partial charge in [-0.15, -0.1) is 0 Å². The van der Waals surface area contributed by atoms with Crippen molar-refractivity contribution in [3.8, 4) is 0 Å². The predicted octanol–water partition coefficient (Wildman–Crippen LogP) is 2.21. The van der Waals surface area contributed by atoms with Gasteiger partial charge in [-0.2, -0.15) is 0 Å². The van der Waals surface area contributed by atoms with E-state index in [0.29, 0.717) is 17.9 Å². The molecule has 6 nitrogen and oxygen atoms in total. The molecule has 0 fully saturated rings. The Labute approximate surface area is 147 Å². The van der Waals surface area contributed by atoms with Gasteiger partial charge in [0.2, 0.25) is 5.91 Å². The zero-order valence-electron chi connectivity index (χ0n) is 14.4. The van der Waals surface area contributed by atoms with E-state index in [1.807, 2.05) is 32.0 Å². The van der Waals surface area contributed by atoms with Crippen molar-refractivity contribution in [3.63, 3.8) is 0 Å². The van der Waals surface area contributed by atoms with E-state index in [4.69, 9.17) is 5.73 Å². The number of carbonyl (C=O) groups is 2. The third-order valence-corrected chi connectivity index (χ3v) is 4.40. The monoisotopic (exact) mass is 338 g/mol. The third-order valence-electron chi connectivity index (χ3n) is 4.40. The number of rotatable bonds is 4. The van der Waals surface area contributed by atoms with E-state index in [0.717, 1.165) is 17.7 Å². The number of fused-ring (bicyclic) bond motifs is 1. The van der Waals surface area contributed by atoms with E-state index in [2.05, 4.69) is 10.3 Å². The first-order valence-electron chi connectivity index (χ1n) is 8.39. The minimum absolute atomic E-state index is 0.0525. The molecule has 0 bridgehead atoms. The molecule has 6 heteroatoms. The van der Waals surface area contributed by atoms with Crippen LogP contribution in [0.5, 0.6) is 0 Å². The summed E-state index contributed by atoms with van der Waals surface area (Å²) in [7, 11) is 0. The van der Waals surface area contributed by atoms with Crippen LogP contribution in [0.4, 0.5) is 11.4 Å². The second kappa shape index (κ2) is 7.03. The Morgan fingerprint density at radius 1 is 1.24 bits per heavy atom. The lowest BCUT2D eigenvalue weighted by molar-refractivity contribution is -0.118. The second-order valence-corrected chi connectivity index (χ2v) is 6.52. The molecule has 1 aromatic heterocycles. The van der Waals surface area contributed by atoms with E-state index < -0.39 is 6.04 Å². The fourth-order valence-electron chi connectivity index (χ4n) is 2.82. The lowest BCUT2D eigenvalue weighted by atomic mass is 10.0. The van der Waals surface area contributed by atoms with Crippen LogP contribution in [0.1, 0.15) is 29.9 Å². The molecule has 2 heterocycles. The van der Waals surface area contributed by atoms with Gasteiger partial charge in [-0.3, -0.25) is 14.6 Å². The van der Waals surface area contributed by atoms with Crippen molar-refractivity contribution in [2.75, 3.05) is 16.8 Å². The highest BCUT2D eigenvalue weighted by atomic mass is 16.2. The Bertz CT molecular complexity index is 789. The lowest BCUT2D eigenvalue weighted by Crippen LogP contribution is -2.39. The normalized spacial score (nSPS) is 14.3. The van der Waals surface area contributed by atoms with Crippen LogP contribution in [0.15, 0.2) is 42.6 Å². The van der Waals surface area contributed by atoms with Crippen LogP contribution >= 0.6 is 0 Å². The van der Waals surface area contributed by atoms with Crippen molar-refractivity contribution >= 4 is 23.2 Å². The largest absolute Gasteiger partial charge is 0.325 e. The maximum Gasteiger partial charge on any atom is 0.276 e. The third kappa shape index (κ3) is 3.53. The second-order valence-electron chi connectivity index (χ2n) is 6.52. The van der Waals surface area contributed by atoms with Crippen molar-refractivity contribution < 1.29 is 9.59 Å². The van der Waals surface area contributed by atoms with Gasteiger partial charge in [0.05, 0.1) is 6.04 Å². The average Bonchev–Trinajstić information content (AvgIpc) is 3.04. The molecular formula is C19H22N4O2. The van der Waals surface area contributed by atoms with Crippen LogP contribution in [-0.2, 0) is 11.2 Å². The fourth-order valence-corrected chi connectivity index (χ4v) is 2.82. The van der Waals surface area contributed by atoms with Gasteiger partial charge in [-0.25, -0.2) is 0 Å². The zero-order chi connectivity index (χ0) is 18.0. The van der Waals surface area contributed by atoms with Crippen LogP contribution < -0.4 is 16.0 Å². The van der Waals surface area contributed by atoms with Gasteiger partial charge in [0, 0.05) is 24.1 Å². The van der Waals surface area contributed by atoms with Crippen LogP contribution in [0.2, 0.25) is 0 Å². The summed E-state index contributed by atoms with van der Waals surface area (Å²) in [5, 5.41) is 2.83. The van der Waals surface area contributed by atoms with Gasteiger partial charge < -0.3 is 16.0 Å². The van der Waals surface area contributed by atoms with Gasteiger partial charge in [0.15, 0.2) is 0 Å². The SMILES string of the molecule is CC(C)[C@H](N)C(=O)Nc1ccc2c(c1)N(C(=O)c1ccccn1)CC2. The summed E-state index contributed by atoms with van der Waals surface area (Å²) in [6.45, 7) is 4.41. The molecule has 1 aliphatic rings. The molecule has 0 saturated heterocycles. The van der Waals surface area contributed by atoms with Gasteiger partial charge in [-0.1, -0.05) is 26.0 Å². The molecule has 25 heavy (non-hydrogen) atoms. The Morgan fingerprint density at radius 2 is 2.04 bits per heavy atom. The first kappa shape index (κ1) is 17.1. The summed E-state index contributed by atoms with van der Waals surface area (Å²) in [6, 6.07) is 10.3. The highest BCUT2D eigenvalue weighted by molar-refractivity contribution is 6.06. The summed E-state index contributed by atoms with van der Waals surface area (Å²) in [4.78, 5) is 30.7. The molecule has 0 radical (unpaired) electrons. The predicted molar refractivity (Wildman–Crippen MR) is 97.5 cm³/mol. The Balaban J connectivity index is 1.82. The van der Waals surface area contributed by atoms with Crippen LogP contribution in [0.3, 0.4) is 0 Å². The van der Waals surface area contributed by atoms with Gasteiger partial charge in [0.1, 0.15) is 5.69 Å². The summed E-state index contributed by atoms with van der Waals surface area (Å²) in [5.41, 5.74) is 8.83. The summed E-state index contributed by atoms with van der Waals surface area (Å²) >= 11 is 0. The molecule has 0 saturated carbocycles. The molecule has 130 valence electrons. The number of carbonyl (C=O) groups excluding carboxylic acids is 2. The Kier molecular flexibility index (Phi) is 4.81. The Morgan fingerprint density at radius 3 is 2.72 bits per heavy atom. The summed E-state index contributed by atoms with van der Waals surface area (Å²) in [5.74, 6) is -0.311. The molecule has 0 aliphatic carbocycles. The van der Waals surface area contributed by atoms with E-state index in [1.54, 1.807) is 29.3 Å². The molecule has 1 aromatic carbocycles. The van der Waals surface area contributed by atoms with Crippen molar-refractivity contribution in [3.05, 3.63) is 53.9 Å². The standard InChI is InChI=1S/C19H22N4O2/c1-12(2)17(20)18(24)22-14-7-6-13-8-10-23(16(13)11-14)19(25)15-5-3-4-9-21-15/h3-7,9,11-12,17H,8,10,20H2,1-2H3,(H,22,24)/t17-/m0/s1. The highest BCUT2D eigenvalue weighted by Gasteiger charge is 2.27. The van der Waals surface area contributed by atoms with Gasteiger partial charge in [-0.05, 0) is 42.2 Å². The van der Waals surface area contributed by atoms with Crippen molar-refractivity contribution in [1.29, 1.82) is 0 Å². The molecule has 0 spiro atoms. The van der Waals surface area contributed by atoms with E-state index in [-0.39, 0.29) is 17.7 Å². The van der Waals surface area contributed by atoms with Crippen LogP contribution in [0.25, 0.3) is 0 Å². The smallest absolute Gasteiger partial charge is 0.276 e. The summed E-state index contributed by atoms with van der Waals surface area (Å²) in [6.07, 6.45) is 2.39. The topological polar surface area (TPSA) is 88.3 Å². The number of hydrogen-bond acceptors (Lipinski definition) is 4. The number of amides is 2. The maximum absolute atomic E-state index is 12.7. The first-order valence-corrected chi connectivity index (χ1v) is 8.39. The minimum atomic E-state index is -0.570. The zero-order valence-corrected chi connectivity index (χ0v) is 14.4. The number of benzene rings is 1. The van der Waals surface area contributed by atoms with E-state index >= 15 is 0 Å². The van der Waals surface area contributed by atoms with E-state index in [1.165, 1.54) is 0 Å². The number of aromatic nitrogens is 1. The van der Waals surface area contributed by atoms with Crippen molar-refractivity contribution in [2.45, 2.75) is 26.3 Å². The Hall–Kier alpha value is -2.73. The van der Waals surface area contributed by atoms with Crippen LogP contribution in [-0.4, -0.2) is 29.4 Å². The molecule has 1 atom stereocenters. The van der Waals surface area contributed by atoms with Gasteiger partial charge in [0.25, 0.3) is 5.91 Å². The van der Waals surface area contributed by atoms with Crippen molar-refractivity contribution in [2.24, 2.45) is 11.7 Å². The fraction of sp³-hybridized carbons (Fsp3) is 0.316. The van der Waals surface area contributed by atoms with E-state index in [9.17, 15) is 9.59 Å².